The number of halogens is 1. The average Bonchev–Trinajstić information content (AvgIpc) is 3.62. The van der Waals surface area contributed by atoms with E-state index in [1.807, 2.05) is 54.6 Å². The summed E-state index contributed by atoms with van der Waals surface area (Å²) >= 11 is 3.50. The maximum absolute atomic E-state index is 12.5. The van der Waals surface area contributed by atoms with Crippen LogP contribution in [0.4, 0.5) is 0 Å². The molecular formula is C33H27BrN4O4. The number of nitrogens with zero attached hydrogens (tertiary/aromatic N) is 3. The highest BCUT2D eigenvalue weighted by Crippen LogP contribution is 2.27. The average molecular weight is 624 g/mol. The van der Waals surface area contributed by atoms with Crippen LogP contribution in [0.25, 0.3) is 5.69 Å². The van der Waals surface area contributed by atoms with Crippen molar-refractivity contribution in [2.45, 2.75) is 27.1 Å². The standard InChI is InChI=1S/C33H27BrN4O4/c1-22-7-8-23(2)38(22)27-10-12-28(13-11-27)40-21-29-14-16-32(42-29)33(39)37-36-19-24-9-15-31(30(34)17-24)41-20-26-6-4-3-5-25(26)18-35/h3-17,19H,20-21H2,1-2H3,(H,37,39)/b36-19+. The van der Waals surface area contributed by atoms with Gasteiger partial charge in [0.05, 0.1) is 22.3 Å². The third-order valence-corrected chi connectivity index (χ3v) is 7.11. The monoisotopic (exact) mass is 622 g/mol. The van der Waals surface area contributed by atoms with Crippen molar-refractivity contribution >= 4 is 28.1 Å². The molecule has 0 fully saturated rings. The summed E-state index contributed by atoms with van der Waals surface area (Å²) in [7, 11) is 0. The summed E-state index contributed by atoms with van der Waals surface area (Å²) in [5, 5.41) is 13.3. The molecule has 42 heavy (non-hydrogen) atoms. The lowest BCUT2D eigenvalue weighted by molar-refractivity contribution is 0.0923. The minimum atomic E-state index is -0.477. The fourth-order valence-corrected chi connectivity index (χ4v) is 4.86. The maximum atomic E-state index is 12.5. The number of nitrogens with one attached hydrogen (secondary N) is 1. The van der Waals surface area contributed by atoms with Crippen molar-refractivity contribution < 1.29 is 18.7 Å². The number of aryl methyl sites for hydroxylation is 2. The van der Waals surface area contributed by atoms with Gasteiger partial charge in [0.15, 0.2) is 5.76 Å². The SMILES string of the molecule is Cc1ccc(C)n1-c1ccc(OCc2ccc(C(=O)N/N=C/c3ccc(OCc4ccccc4C#N)c(Br)c3)o2)cc1. The van der Waals surface area contributed by atoms with E-state index in [0.29, 0.717) is 27.3 Å². The van der Waals surface area contributed by atoms with E-state index in [-0.39, 0.29) is 19.0 Å². The molecular weight excluding hydrogens is 596 g/mol. The van der Waals surface area contributed by atoms with Crippen molar-refractivity contribution in [1.82, 2.24) is 9.99 Å². The number of hydrazone groups is 1. The fraction of sp³-hybridized carbons (Fsp3) is 0.121. The Bertz CT molecular complexity index is 1760. The largest absolute Gasteiger partial charge is 0.488 e. The number of hydrogen-bond donors (Lipinski definition) is 1. The molecule has 0 saturated heterocycles. The van der Waals surface area contributed by atoms with Crippen LogP contribution in [0.5, 0.6) is 11.5 Å². The molecule has 0 unspecified atom stereocenters. The molecule has 1 amide bonds. The van der Waals surface area contributed by atoms with Crippen molar-refractivity contribution in [2.75, 3.05) is 0 Å². The van der Waals surface area contributed by atoms with Gasteiger partial charge in [-0.1, -0.05) is 18.2 Å². The van der Waals surface area contributed by atoms with E-state index in [9.17, 15) is 10.1 Å². The van der Waals surface area contributed by atoms with E-state index in [1.165, 1.54) is 17.6 Å². The van der Waals surface area contributed by atoms with Crippen LogP contribution < -0.4 is 14.9 Å². The summed E-state index contributed by atoms with van der Waals surface area (Å²) in [5.41, 5.74) is 7.99. The molecule has 2 heterocycles. The highest BCUT2D eigenvalue weighted by Gasteiger charge is 2.12. The highest BCUT2D eigenvalue weighted by molar-refractivity contribution is 9.10. The van der Waals surface area contributed by atoms with Gasteiger partial charge >= 0.3 is 5.91 Å². The van der Waals surface area contributed by atoms with Crippen LogP contribution in [0.15, 0.2) is 105 Å². The Hall–Kier alpha value is -5.07. The first kappa shape index (κ1) is 28.5. The third kappa shape index (κ3) is 6.79. The van der Waals surface area contributed by atoms with Crippen LogP contribution in [0.1, 0.15) is 44.4 Å². The van der Waals surface area contributed by atoms with Crippen molar-refractivity contribution in [3.05, 3.63) is 135 Å². The number of ether oxygens (including phenoxy) is 2. The van der Waals surface area contributed by atoms with Gasteiger partial charge in [0.2, 0.25) is 0 Å². The van der Waals surface area contributed by atoms with Gasteiger partial charge in [-0.3, -0.25) is 4.79 Å². The number of amides is 1. The Labute approximate surface area is 251 Å². The second-order valence-corrected chi connectivity index (χ2v) is 10.3. The van der Waals surface area contributed by atoms with E-state index < -0.39 is 5.91 Å². The number of aromatic nitrogens is 1. The lowest BCUT2D eigenvalue weighted by Gasteiger charge is -2.10. The predicted octanol–water partition coefficient (Wildman–Crippen LogP) is 7.24. The lowest BCUT2D eigenvalue weighted by atomic mass is 10.1. The Morgan fingerprint density at radius 2 is 1.74 bits per heavy atom. The number of nitriles is 1. The minimum absolute atomic E-state index is 0.127. The summed E-state index contributed by atoms with van der Waals surface area (Å²) in [6.45, 7) is 4.59. The minimum Gasteiger partial charge on any atom is -0.488 e. The Balaban J connectivity index is 1.11. The van der Waals surface area contributed by atoms with E-state index in [2.05, 4.69) is 63.1 Å². The third-order valence-electron chi connectivity index (χ3n) is 6.49. The second kappa shape index (κ2) is 13.1. The first-order valence-electron chi connectivity index (χ1n) is 13.1. The number of furan rings is 1. The van der Waals surface area contributed by atoms with E-state index in [1.54, 1.807) is 24.3 Å². The molecule has 5 aromatic rings. The lowest BCUT2D eigenvalue weighted by Crippen LogP contribution is -2.16. The van der Waals surface area contributed by atoms with Crippen molar-refractivity contribution in [2.24, 2.45) is 5.10 Å². The summed E-state index contributed by atoms with van der Waals surface area (Å²) in [5.74, 6) is 1.48. The van der Waals surface area contributed by atoms with Gasteiger partial charge in [-0.05, 0) is 108 Å². The van der Waals surface area contributed by atoms with Gasteiger partial charge < -0.3 is 18.5 Å². The number of hydrogen-bond acceptors (Lipinski definition) is 6. The summed E-state index contributed by atoms with van der Waals surface area (Å²) in [4.78, 5) is 12.5. The summed E-state index contributed by atoms with van der Waals surface area (Å²) < 4.78 is 20.2. The molecule has 8 nitrogen and oxygen atoms in total. The zero-order valence-corrected chi connectivity index (χ0v) is 24.6. The quantitative estimate of drug-likeness (QED) is 0.131. The molecule has 0 atom stereocenters. The van der Waals surface area contributed by atoms with Crippen molar-refractivity contribution in [3.63, 3.8) is 0 Å². The zero-order valence-electron chi connectivity index (χ0n) is 23.0. The van der Waals surface area contributed by atoms with Crippen LogP contribution in [0, 0.1) is 25.2 Å². The van der Waals surface area contributed by atoms with Crippen LogP contribution in [0.2, 0.25) is 0 Å². The van der Waals surface area contributed by atoms with Gasteiger partial charge in [0.1, 0.15) is 30.5 Å². The first-order valence-corrected chi connectivity index (χ1v) is 13.9. The molecule has 0 spiro atoms. The topological polar surface area (TPSA) is 102 Å². The summed E-state index contributed by atoms with van der Waals surface area (Å²) in [6.07, 6.45) is 1.52. The number of rotatable bonds is 10. The van der Waals surface area contributed by atoms with Crippen LogP contribution >= 0.6 is 15.9 Å². The predicted molar refractivity (Wildman–Crippen MR) is 163 cm³/mol. The van der Waals surface area contributed by atoms with Crippen molar-refractivity contribution in [3.8, 4) is 23.3 Å². The van der Waals surface area contributed by atoms with E-state index >= 15 is 0 Å². The normalized spacial score (nSPS) is 10.9. The molecule has 0 bridgehead atoms. The van der Waals surface area contributed by atoms with Gasteiger partial charge in [-0.25, -0.2) is 5.43 Å². The van der Waals surface area contributed by atoms with Gasteiger partial charge in [-0.15, -0.1) is 0 Å². The van der Waals surface area contributed by atoms with Crippen LogP contribution in [0.3, 0.4) is 0 Å². The molecule has 2 aromatic heterocycles. The molecule has 0 radical (unpaired) electrons. The van der Waals surface area contributed by atoms with Crippen molar-refractivity contribution in [1.29, 1.82) is 5.26 Å². The second-order valence-electron chi connectivity index (χ2n) is 9.45. The van der Waals surface area contributed by atoms with Gasteiger partial charge in [0, 0.05) is 22.6 Å². The van der Waals surface area contributed by atoms with Crippen LogP contribution in [-0.2, 0) is 13.2 Å². The number of carbonyl (C=O) groups is 1. The van der Waals surface area contributed by atoms with Crippen LogP contribution in [-0.4, -0.2) is 16.7 Å². The Morgan fingerprint density at radius 3 is 2.48 bits per heavy atom. The molecule has 3 aromatic carbocycles. The molecule has 0 aliphatic heterocycles. The molecule has 9 heteroatoms. The molecule has 0 saturated carbocycles. The Kier molecular flexibility index (Phi) is 8.85. The van der Waals surface area contributed by atoms with Gasteiger partial charge in [-0.2, -0.15) is 10.4 Å². The maximum Gasteiger partial charge on any atom is 0.307 e. The highest BCUT2D eigenvalue weighted by atomic mass is 79.9. The first-order chi connectivity index (χ1) is 20.4. The molecule has 5 rings (SSSR count). The molecule has 210 valence electrons. The molecule has 1 N–H and O–H groups in total. The molecule has 0 aliphatic rings. The fourth-order valence-electron chi connectivity index (χ4n) is 4.34. The molecule has 0 aliphatic carbocycles. The van der Waals surface area contributed by atoms with E-state index in [4.69, 9.17) is 13.9 Å². The van der Waals surface area contributed by atoms with Gasteiger partial charge in [0.25, 0.3) is 0 Å². The van der Waals surface area contributed by atoms with E-state index in [0.717, 1.165) is 16.8 Å². The zero-order chi connectivity index (χ0) is 29.5. The smallest absolute Gasteiger partial charge is 0.307 e. The summed E-state index contributed by atoms with van der Waals surface area (Å²) in [6, 6.07) is 30.1. The number of benzene rings is 3. The number of carbonyl (C=O) groups excluding carboxylic acids is 1. The Morgan fingerprint density at radius 1 is 0.976 bits per heavy atom.